The molecule has 0 saturated carbocycles. The van der Waals surface area contributed by atoms with Crippen molar-refractivity contribution in [1.82, 2.24) is 0 Å². The summed E-state index contributed by atoms with van der Waals surface area (Å²) in [6, 6.07) is 18.7. The number of amides is 1. The van der Waals surface area contributed by atoms with Gasteiger partial charge in [-0.2, -0.15) is 0 Å². The second-order valence-electron chi connectivity index (χ2n) is 8.22. The van der Waals surface area contributed by atoms with Crippen LogP contribution in [0.5, 0.6) is 11.5 Å². The molecule has 1 aliphatic heterocycles. The van der Waals surface area contributed by atoms with E-state index >= 15 is 0 Å². The zero-order valence-electron chi connectivity index (χ0n) is 19.4. The molecular formula is C28H24ClNO5. The highest BCUT2D eigenvalue weighted by atomic mass is 35.5. The average molecular weight is 490 g/mol. The van der Waals surface area contributed by atoms with Gasteiger partial charge < -0.3 is 13.9 Å². The first-order valence-corrected chi connectivity index (χ1v) is 12.0. The molecule has 0 saturated heterocycles. The molecule has 0 fully saturated rings. The fraction of sp³-hybridized carbons (Fsp3) is 0.214. The van der Waals surface area contributed by atoms with E-state index in [1.54, 1.807) is 53.4 Å². The minimum atomic E-state index is -0.726. The molecule has 2 heterocycles. The number of carbonyl (C=O) groups excluding carboxylic acids is 1. The van der Waals surface area contributed by atoms with Crippen LogP contribution in [-0.2, 0) is 0 Å². The van der Waals surface area contributed by atoms with Gasteiger partial charge in [-0.1, -0.05) is 42.8 Å². The van der Waals surface area contributed by atoms with Crippen LogP contribution in [0.25, 0.3) is 11.0 Å². The van der Waals surface area contributed by atoms with Crippen LogP contribution in [0.15, 0.2) is 75.9 Å². The molecule has 6 nitrogen and oxygen atoms in total. The molecule has 0 aliphatic carbocycles. The van der Waals surface area contributed by atoms with Gasteiger partial charge in [0.15, 0.2) is 16.9 Å². The first-order valence-electron chi connectivity index (χ1n) is 11.6. The lowest BCUT2D eigenvalue weighted by atomic mass is 9.97. The lowest BCUT2D eigenvalue weighted by Gasteiger charge is -2.26. The Balaban J connectivity index is 1.75. The average Bonchev–Trinajstić information content (AvgIpc) is 3.16. The summed E-state index contributed by atoms with van der Waals surface area (Å²) < 4.78 is 17.7. The normalized spacial score (nSPS) is 14.9. The number of para-hydroxylation sites is 1. The van der Waals surface area contributed by atoms with Gasteiger partial charge in [0.2, 0.25) is 5.76 Å². The Morgan fingerprint density at radius 2 is 1.77 bits per heavy atom. The van der Waals surface area contributed by atoms with Crippen molar-refractivity contribution in [3.05, 3.63) is 98.9 Å². The van der Waals surface area contributed by atoms with E-state index in [4.69, 9.17) is 25.5 Å². The molecule has 1 amide bonds. The van der Waals surface area contributed by atoms with Crippen LogP contribution in [0.1, 0.15) is 48.0 Å². The molecule has 1 atom stereocenters. The summed E-state index contributed by atoms with van der Waals surface area (Å²) in [5.41, 5.74) is 1.68. The minimum Gasteiger partial charge on any atom is -0.490 e. The van der Waals surface area contributed by atoms with Gasteiger partial charge in [0.05, 0.1) is 30.2 Å². The quantitative estimate of drug-likeness (QED) is 0.301. The van der Waals surface area contributed by atoms with E-state index in [0.717, 1.165) is 6.42 Å². The van der Waals surface area contributed by atoms with E-state index in [-0.39, 0.29) is 11.2 Å². The number of carbonyl (C=O) groups is 1. The van der Waals surface area contributed by atoms with Gasteiger partial charge in [0.1, 0.15) is 5.58 Å². The lowest BCUT2D eigenvalue weighted by molar-refractivity contribution is 0.0971. The molecule has 0 bridgehead atoms. The number of hydrogen-bond acceptors (Lipinski definition) is 5. The van der Waals surface area contributed by atoms with Crippen molar-refractivity contribution in [3.8, 4) is 11.5 Å². The number of rotatable bonds is 7. The number of benzene rings is 3. The number of ether oxygens (including phenoxy) is 2. The minimum absolute atomic E-state index is 0.0305. The first-order chi connectivity index (χ1) is 17.0. The molecule has 7 heteroatoms. The van der Waals surface area contributed by atoms with E-state index in [1.165, 1.54) is 0 Å². The largest absolute Gasteiger partial charge is 0.490 e. The van der Waals surface area contributed by atoms with Crippen molar-refractivity contribution in [2.45, 2.75) is 26.3 Å². The van der Waals surface area contributed by atoms with Gasteiger partial charge >= 0.3 is 0 Å². The van der Waals surface area contributed by atoms with Crippen LogP contribution >= 0.6 is 11.6 Å². The van der Waals surface area contributed by atoms with Crippen LogP contribution in [0.2, 0.25) is 5.02 Å². The van der Waals surface area contributed by atoms with Gasteiger partial charge in [0.25, 0.3) is 5.91 Å². The Bertz CT molecular complexity index is 1480. The van der Waals surface area contributed by atoms with E-state index < -0.39 is 11.9 Å². The second kappa shape index (κ2) is 9.47. The second-order valence-corrected chi connectivity index (χ2v) is 8.65. The maximum atomic E-state index is 13.7. The van der Waals surface area contributed by atoms with Crippen LogP contribution in [0.4, 0.5) is 5.69 Å². The predicted molar refractivity (Wildman–Crippen MR) is 136 cm³/mol. The summed E-state index contributed by atoms with van der Waals surface area (Å²) in [4.78, 5) is 28.9. The highest BCUT2D eigenvalue weighted by Crippen LogP contribution is 2.43. The van der Waals surface area contributed by atoms with Gasteiger partial charge in [-0.15, -0.1) is 0 Å². The Hall–Kier alpha value is -3.77. The smallest absolute Gasteiger partial charge is 0.295 e. The Labute approximate surface area is 207 Å². The van der Waals surface area contributed by atoms with E-state index in [9.17, 15) is 9.59 Å². The molecule has 1 unspecified atom stereocenters. The Kier molecular flexibility index (Phi) is 6.22. The number of hydrogen-bond donors (Lipinski definition) is 0. The zero-order valence-corrected chi connectivity index (χ0v) is 20.2. The van der Waals surface area contributed by atoms with Gasteiger partial charge in [-0.25, -0.2) is 0 Å². The third-order valence-electron chi connectivity index (χ3n) is 5.91. The molecule has 178 valence electrons. The molecule has 5 rings (SSSR count). The Morgan fingerprint density at radius 1 is 0.943 bits per heavy atom. The lowest BCUT2D eigenvalue weighted by Crippen LogP contribution is -2.29. The molecular weight excluding hydrogens is 466 g/mol. The van der Waals surface area contributed by atoms with Crippen molar-refractivity contribution < 1.29 is 18.7 Å². The molecule has 0 radical (unpaired) electrons. The fourth-order valence-corrected chi connectivity index (χ4v) is 4.61. The van der Waals surface area contributed by atoms with E-state index in [1.807, 2.05) is 32.0 Å². The van der Waals surface area contributed by atoms with Crippen LogP contribution in [-0.4, -0.2) is 19.1 Å². The molecule has 3 aromatic carbocycles. The van der Waals surface area contributed by atoms with Gasteiger partial charge in [-0.05, 0) is 61.4 Å². The SMILES string of the molecule is CCCOc1ccc(C2c3c(oc4ccccc4c3=O)C(=O)N2c2cccc(Cl)c2)cc1OCC. The summed E-state index contributed by atoms with van der Waals surface area (Å²) in [6.45, 7) is 4.91. The third kappa shape index (κ3) is 4.04. The van der Waals surface area contributed by atoms with Crippen molar-refractivity contribution in [1.29, 1.82) is 0 Å². The van der Waals surface area contributed by atoms with Crippen LogP contribution < -0.4 is 19.8 Å². The zero-order chi connectivity index (χ0) is 24.5. The highest BCUT2D eigenvalue weighted by Gasteiger charge is 2.44. The maximum Gasteiger partial charge on any atom is 0.295 e. The maximum absolute atomic E-state index is 13.7. The standard InChI is InChI=1S/C28H24ClNO5/c1-3-14-34-22-13-12-17(15-23(22)33-4-2)25-24-26(31)20-10-5-6-11-21(20)35-27(24)28(32)30(25)19-9-7-8-18(29)16-19/h5-13,15-16,25H,3-4,14H2,1-2H3. The summed E-state index contributed by atoms with van der Waals surface area (Å²) in [7, 11) is 0. The summed E-state index contributed by atoms with van der Waals surface area (Å²) in [5.74, 6) is 0.791. The number of nitrogens with zero attached hydrogens (tertiary/aromatic N) is 1. The van der Waals surface area contributed by atoms with Gasteiger partial charge in [-0.3, -0.25) is 14.5 Å². The van der Waals surface area contributed by atoms with Crippen molar-refractivity contribution >= 4 is 34.2 Å². The molecule has 1 aromatic heterocycles. The molecule has 4 aromatic rings. The predicted octanol–water partition coefficient (Wildman–Crippen LogP) is 6.38. The van der Waals surface area contributed by atoms with Gasteiger partial charge in [0, 0.05) is 10.7 Å². The number of halogens is 1. The van der Waals surface area contributed by atoms with E-state index in [0.29, 0.717) is 57.5 Å². The van der Waals surface area contributed by atoms with Crippen molar-refractivity contribution in [3.63, 3.8) is 0 Å². The monoisotopic (exact) mass is 489 g/mol. The Morgan fingerprint density at radius 3 is 2.54 bits per heavy atom. The van der Waals surface area contributed by atoms with Crippen LogP contribution in [0, 0.1) is 0 Å². The van der Waals surface area contributed by atoms with Crippen molar-refractivity contribution in [2.75, 3.05) is 18.1 Å². The molecule has 1 aliphatic rings. The number of anilines is 1. The summed E-state index contributed by atoms with van der Waals surface area (Å²) in [5, 5.41) is 0.901. The molecule has 35 heavy (non-hydrogen) atoms. The topological polar surface area (TPSA) is 69.0 Å². The highest BCUT2D eigenvalue weighted by molar-refractivity contribution is 6.31. The van der Waals surface area contributed by atoms with Crippen LogP contribution in [0.3, 0.4) is 0 Å². The summed E-state index contributed by atoms with van der Waals surface area (Å²) >= 11 is 6.27. The van der Waals surface area contributed by atoms with E-state index in [2.05, 4.69) is 0 Å². The molecule has 0 spiro atoms. The van der Waals surface area contributed by atoms with Crippen molar-refractivity contribution in [2.24, 2.45) is 0 Å². The number of fused-ring (bicyclic) bond motifs is 2. The third-order valence-corrected chi connectivity index (χ3v) is 6.14. The first kappa shape index (κ1) is 23.0. The molecule has 0 N–H and O–H groups in total. The summed E-state index contributed by atoms with van der Waals surface area (Å²) in [6.07, 6.45) is 0.856. The fourth-order valence-electron chi connectivity index (χ4n) is 4.42.